The van der Waals surface area contributed by atoms with E-state index in [4.69, 9.17) is 0 Å². The van der Waals surface area contributed by atoms with Crippen molar-refractivity contribution in [2.45, 2.75) is 30.8 Å². The minimum atomic E-state index is -3.57. The molecule has 0 aliphatic carbocycles. The van der Waals surface area contributed by atoms with E-state index in [1.165, 1.54) is 4.31 Å². The molecule has 0 spiro atoms. The van der Waals surface area contributed by atoms with Gasteiger partial charge in [0.1, 0.15) is 6.17 Å². The largest absolute Gasteiger partial charge is 0.246 e. The van der Waals surface area contributed by atoms with Gasteiger partial charge >= 0.3 is 0 Å². The van der Waals surface area contributed by atoms with Crippen molar-refractivity contribution in [2.24, 2.45) is 0 Å². The molecule has 0 aromatic heterocycles. The van der Waals surface area contributed by atoms with Gasteiger partial charge in [-0.3, -0.25) is 0 Å². The second-order valence-corrected chi connectivity index (χ2v) is 7.31. The van der Waals surface area contributed by atoms with Gasteiger partial charge in [-0.1, -0.05) is 22.0 Å². The maximum atomic E-state index is 13.3. The summed E-state index contributed by atoms with van der Waals surface area (Å²) in [5.41, 5.74) is 0.968. The second kappa shape index (κ2) is 5.27. The molecule has 2 rings (SSSR count). The molecule has 6 heteroatoms. The molecule has 0 amide bonds. The Morgan fingerprint density at radius 1 is 1.44 bits per heavy atom. The molecular formula is C12H15BrFNO2S. The predicted molar refractivity (Wildman–Crippen MR) is 71.8 cm³/mol. The van der Waals surface area contributed by atoms with Gasteiger partial charge in [0.2, 0.25) is 10.0 Å². The van der Waals surface area contributed by atoms with Crippen molar-refractivity contribution < 1.29 is 12.8 Å². The van der Waals surface area contributed by atoms with E-state index in [0.717, 1.165) is 10.0 Å². The molecule has 3 nitrogen and oxygen atoms in total. The van der Waals surface area contributed by atoms with Gasteiger partial charge in [-0.2, -0.15) is 4.31 Å². The molecule has 1 atom stereocenters. The number of rotatable bonds is 2. The first kappa shape index (κ1) is 14.0. The lowest BCUT2D eigenvalue weighted by atomic mass is 10.1. The molecule has 18 heavy (non-hydrogen) atoms. The van der Waals surface area contributed by atoms with Crippen LogP contribution in [0.3, 0.4) is 0 Å². The highest BCUT2D eigenvalue weighted by Crippen LogP contribution is 2.25. The lowest BCUT2D eigenvalue weighted by molar-refractivity contribution is 0.203. The van der Waals surface area contributed by atoms with Gasteiger partial charge in [-0.25, -0.2) is 12.8 Å². The average Bonchev–Trinajstić information content (AvgIpc) is 2.32. The van der Waals surface area contributed by atoms with Crippen LogP contribution in [0, 0.1) is 6.92 Å². The monoisotopic (exact) mass is 335 g/mol. The fourth-order valence-corrected chi connectivity index (χ4v) is 4.06. The maximum absolute atomic E-state index is 13.3. The summed E-state index contributed by atoms with van der Waals surface area (Å²) >= 11 is 3.32. The van der Waals surface area contributed by atoms with E-state index < -0.39 is 16.2 Å². The lowest BCUT2D eigenvalue weighted by Gasteiger charge is -2.28. The first-order valence-electron chi connectivity index (χ1n) is 5.81. The van der Waals surface area contributed by atoms with E-state index in [1.807, 2.05) is 6.92 Å². The third-order valence-electron chi connectivity index (χ3n) is 3.11. The molecule has 0 bridgehead atoms. The smallest absolute Gasteiger partial charge is 0.243 e. The highest BCUT2D eigenvalue weighted by atomic mass is 79.9. The SMILES string of the molecule is Cc1ccc(S(=O)(=O)N2CCC[C@@H](F)C2)cc1Br. The van der Waals surface area contributed by atoms with E-state index in [-0.39, 0.29) is 11.4 Å². The second-order valence-electron chi connectivity index (χ2n) is 4.51. The van der Waals surface area contributed by atoms with E-state index >= 15 is 0 Å². The zero-order chi connectivity index (χ0) is 13.3. The summed E-state index contributed by atoms with van der Waals surface area (Å²) in [6.45, 7) is 2.25. The van der Waals surface area contributed by atoms with Crippen LogP contribution in [0.25, 0.3) is 0 Å². The Morgan fingerprint density at radius 3 is 2.78 bits per heavy atom. The van der Waals surface area contributed by atoms with Crippen molar-refractivity contribution in [2.75, 3.05) is 13.1 Å². The van der Waals surface area contributed by atoms with Crippen LogP contribution >= 0.6 is 15.9 Å². The van der Waals surface area contributed by atoms with Crippen LogP contribution in [0.1, 0.15) is 18.4 Å². The zero-order valence-electron chi connectivity index (χ0n) is 10.1. The van der Waals surface area contributed by atoms with Crippen LogP contribution in [-0.2, 0) is 10.0 Å². The number of nitrogens with zero attached hydrogens (tertiary/aromatic N) is 1. The third kappa shape index (κ3) is 2.75. The molecule has 1 saturated heterocycles. The summed E-state index contributed by atoms with van der Waals surface area (Å²) in [5.74, 6) is 0. The fraction of sp³-hybridized carbons (Fsp3) is 0.500. The Labute approximate surface area is 115 Å². The minimum absolute atomic E-state index is 0.0339. The predicted octanol–water partition coefficient (Wildman–Crippen LogP) is 2.88. The number of halogens is 2. The third-order valence-corrected chi connectivity index (χ3v) is 5.82. The molecule has 1 fully saturated rings. The van der Waals surface area contributed by atoms with Crippen molar-refractivity contribution in [3.63, 3.8) is 0 Å². The molecular weight excluding hydrogens is 321 g/mol. The van der Waals surface area contributed by atoms with Crippen LogP contribution in [0.5, 0.6) is 0 Å². The highest BCUT2D eigenvalue weighted by Gasteiger charge is 2.30. The first-order chi connectivity index (χ1) is 8.41. The molecule has 0 saturated carbocycles. The topological polar surface area (TPSA) is 37.4 Å². The first-order valence-corrected chi connectivity index (χ1v) is 8.05. The number of benzene rings is 1. The van der Waals surface area contributed by atoms with Gasteiger partial charge in [0.25, 0.3) is 0 Å². The van der Waals surface area contributed by atoms with E-state index in [9.17, 15) is 12.8 Å². The molecule has 1 aromatic carbocycles. The number of hydrogen-bond donors (Lipinski definition) is 0. The normalized spacial score (nSPS) is 22.1. The summed E-state index contributed by atoms with van der Waals surface area (Å²) in [6.07, 6.45) is -0.0285. The van der Waals surface area contributed by atoms with Crippen molar-refractivity contribution >= 4 is 26.0 Å². The van der Waals surface area contributed by atoms with Gasteiger partial charge in [0.15, 0.2) is 0 Å². The highest BCUT2D eigenvalue weighted by molar-refractivity contribution is 9.10. The summed E-state index contributed by atoms with van der Waals surface area (Å²) in [7, 11) is -3.57. The summed E-state index contributed by atoms with van der Waals surface area (Å²) < 4.78 is 40.0. The fourth-order valence-electron chi connectivity index (χ4n) is 1.99. The molecule has 1 heterocycles. The van der Waals surface area contributed by atoms with Gasteiger partial charge in [-0.05, 0) is 37.5 Å². The van der Waals surface area contributed by atoms with Crippen molar-refractivity contribution in [1.29, 1.82) is 0 Å². The molecule has 1 aliphatic rings. The maximum Gasteiger partial charge on any atom is 0.243 e. The van der Waals surface area contributed by atoms with Crippen LogP contribution in [0.15, 0.2) is 27.6 Å². The average molecular weight is 336 g/mol. The van der Waals surface area contributed by atoms with Crippen molar-refractivity contribution in [3.05, 3.63) is 28.2 Å². The van der Waals surface area contributed by atoms with Gasteiger partial charge < -0.3 is 0 Å². The molecule has 1 aliphatic heterocycles. The van der Waals surface area contributed by atoms with Crippen molar-refractivity contribution in [3.8, 4) is 0 Å². The Hall–Kier alpha value is -0.460. The molecule has 0 unspecified atom stereocenters. The lowest BCUT2D eigenvalue weighted by Crippen LogP contribution is -2.40. The Kier molecular flexibility index (Phi) is 4.08. The van der Waals surface area contributed by atoms with Gasteiger partial charge in [-0.15, -0.1) is 0 Å². The van der Waals surface area contributed by atoms with Gasteiger partial charge in [0.05, 0.1) is 4.90 Å². The Balaban J connectivity index is 2.32. The van der Waals surface area contributed by atoms with E-state index in [2.05, 4.69) is 15.9 Å². The number of alkyl halides is 1. The summed E-state index contributed by atoms with van der Waals surface area (Å²) in [6, 6.07) is 4.89. The van der Waals surface area contributed by atoms with Gasteiger partial charge in [0, 0.05) is 17.6 Å². The molecule has 100 valence electrons. The zero-order valence-corrected chi connectivity index (χ0v) is 12.5. The Morgan fingerprint density at radius 2 is 2.17 bits per heavy atom. The number of aryl methyl sites for hydroxylation is 1. The van der Waals surface area contributed by atoms with E-state index in [0.29, 0.717) is 19.4 Å². The van der Waals surface area contributed by atoms with E-state index in [1.54, 1.807) is 18.2 Å². The number of piperidine rings is 1. The number of hydrogen-bond acceptors (Lipinski definition) is 2. The molecule has 0 N–H and O–H groups in total. The van der Waals surface area contributed by atoms with Crippen LogP contribution < -0.4 is 0 Å². The number of sulfonamides is 1. The van der Waals surface area contributed by atoms with Crippen LogP contribution in [0.4, 0.5) is 4.39 Å². The Bertz CT molecular complexity index is 547. The quantitative estimate of drug-likeness (QED) is 0.833. The summed E-state index contributed by atoms with van der Waals surface area (Å²) in [5, 5.41) is 0. The molecule has 0 radical (unpaired) electrons. The van der Waals surface area contributed by atoms with Crippen LogP contribution in [-0.4, -0.2) is 32.0 Å². The molecule has 1 aromatic rings. The van der Waals surface area contributed by atoms with Crippen LogP contribution in [0.2, 0.25) is 0 Å². The minimum Gasteiger partial charge on any atom is -0.246 e. The standard InChI is InChI=1S/C12H15BrFNO2S/c1-9-4-5-11(7-12(9)13)18(16,17)15-6-2-3-10(14)8-15/h4-5,7,10H,2-3,6,8H2,1H3/t10-/m1/s1. The summed E-state index contributed by atoms with van der Waals surface area (Å²) in [4.78, 5) is 0.217. The van der Waals surface area contributed by atoms with Crippen molar-refractivity contribution in [1.82, 2.24) is 4.31 Å².